The maximum Gasteiger partial charge on any atom is 0.327 e. The maximum absolute atomic E-state index is 11.7. The Balaban J connectivity index is 4.28. The Morgan fingerprint density at radius 1 is 1.30 bits per heavy atom. The normalized spacial score (nSPS) is 13.2. The van der Waals surface area contributed by atoms with Crippen molar-refractivity contribution in [2.24, 2.45) is 11.3 Å². The van der Waals surface area contributed by atoms with Crippen molar-refractivity contribution in [2.75, 3.05) is 0 Å². The van der Waals surface area contributed by atoms with Crippen molar-refractivity contribution in [3.8, 4) is 0 Å². The van der Waals surface area contributed by atoms with Gasteiger partial charge in [0.2, 0.25) is 0 Å². The lowest BCUT2D eigenvalue weighted by atomic mass is 9.88. The number of aliphatic carboxylic acids is 1. The van der Waals surface area contributed by atoms with Gasteiger partial charge >= 0.3 is 11.9 Å². The molecule has 20 heavy (non-hydrogen) atoms. The van der Waals surface area contributed by atoms with Gasteiger partial charge in [-0.3, -0.25) is 4.79 Å². The van der Waals surface area contributed by atoms with Crippen LogP contribution in [0.4, 0.5) is 0 Å². The standard InChI is InChI=1S/C16H26O4/c1-5-20-15(19)13(10-8-11-14(17)18)9-6-7-12-16(2,3)4/h5,8,11,13H,1,6-7,9-10,12H2,2-4H3,(H,17,18)/b11-8+. The van der Waals surface area contributed by atoms with Crippen LogP contribution in [0.2, 0.25) is 0 Å². The van der Waals surface area contributed by atoms with Crippen molar-refractivity contribution in [2.45, 2.75) is 52.9 Å². The molecule has 0 radical (unpaired) electrons. The van der Waals surface area contributed by atoms with Crippen LogP contribution in [0.25, 0.3) is 0 Å². The zero-order valence-electron chi connectivity index (χ0n) is 12.7. The van der Waals surface area contributed by atoms with Crippen molar-refractivity contribution >= 4 is 11.9 Å². The Morgan fingerprint density at radius 3 is 2.45 bits per heavy atom. The summed E-state index contributed by atoms with van der Waals surface area (Å²) in [6.07, 6.45) is 7.83. The van der Waals surface area contributed by atoms with Gasteiger partial charge in [-0.1, -0.05) is 46.3 Å². The SMILES string of the molecule is C=COC(=O)C(C/C=C/C(=O)O)CCCCC(C)(C)C. The van der Waals surface area contributed by atoms with Gasteiger partial charge < -0.3 is 9.84 Å². The third kappa shape index (κ3) is 10.4. The molecule has 0 aromatic rings. The van der Waals surface area contributed by atoms with E-state index in [4.69, 9.17) is 9.84 Å². The topological polar surface area (TPSA) is 63.6 Å². The highest BCUT2D eigenvalue weighted by molar-refractivity contribution is 5.80. The fourth-order valence-corrected chi connectivity index (χ4v) is 1.89. The highest BCUT2D eigenvalue weighted by atomic mass is 16.5. The number of carbonyl (C=O) groups is 2. The molecule has 0 aliphatic rings. The fourth-order valence-electron chi connectivity index (χ4n) is 1.89. The van der Waals surface area contributed by atoms with Crippen molar-refractivity contribution in [1.82, 2.24) is 0 Å². The molecule has 0 fully saturated rings. The summed E-state index contributed by atoms with van der Waals surface area (Å²) in [5, 5.41) is 8.55. The average Bonchev–Trinajstić information content (AvgIpc) is 2.30. The van der Waals surface area contributed by atoms with Crippen LogP contribution in [-0.2, 0) is 14.3 Å². The molecule has 0 aromatic heterocycles. The molecule has 0 amide bonds. The van der Waals surface area contributed by atoms with E-state index in [2.05, 4.69) is 27.4 Å². The van der Waals surface area contributed by atoms with E-state index < -0.39 is 5.97 Å². The zero-order chi connectivity index (χ0) is 15.6. The van der Waals surface area contributed by atoms with Crippen molar-refractivity contribution < 1.29 is 19.4 Å². The highest BCUT2D eigenvalue weighted by Gasteiger charge is 2.18. The van der Waals surface area contributed by atoms with E-state index in [0.29, 0.717) is 18.3 Å². The molecule has 0 aromatic carbocycles. The summed E-state index contributed by atoms with van der Waals surface area (Å²) in [6.45, 7) is 9.92. The summed E-state index contributed by atoms with van der Waals surface area (Å²) >= 11 is 0. The van der Waals surface area contributed by atoms with E-state index in [1.54, 1.807) is 0 Å². The number of rotatable bonds is 9. The van der Waals surface area contributed by atoms with E-state index in [1.807, 2.05) is 0 Å². The molecule has 114 valence electrons. The first-order valence-electron chi connectivity index (χ1n) is 6.97. The zero-order valence-corrected chi connectivity index (χ0v) is 12.7. The summed E-state index contributed by atoms with van der Waals surface area (Å²) in [5.41, 5.74) is 0.292. The molecule has 1 atom stereocenters. The smallest absolute Gasteiger partial charge is 0.327 e. The number of hydrogen-bond acceptors (Lipinski definition) is 3. The minimum absolute atomic E-state index is 0.292. The van der Waals surface area contributed by atoms with Gasteiger partial charge in [-0.05, 0) is 24.7 Å². The summed E-state index contributed by atoms with van der Waals surface area (Å²) < 4.78 is 4.80. The average molecular weight is 282 g/mol. The third-order valence-electron chi connectivity index (χ3n) is 2.94. The van der Waals surface area contributed by atoms with E-state index in [0.717, 1.165) is 31.6 Å². The lowest BCUT2D eigenvalue weighted by Crippen LogP contribution is -2.15. The molecule has 0 bridgehead atoms. The van der Waals surface area contributed by atoms with Crippen molar-refractivity contribution in [1.29, 1.82) is 0 Å². The first-order chi connectivity index (χ1) is 9.26. The number of carbonyl (C=O) groups excluding carboxylic acids is 1. The number of carboxylic acid groups (broad SMARTS) is 1. The first kappa shape index (κ1) is 18.4. The van der Waals surface area contributed by atoms with Crippen LogP contribution in [-0.4, -0.2) is 17.0 Å². The quantitative estimate of drug-likeness (QED) is 0.301. The Labute approximate surface area is 121 Å². The van der Waals surface area contributed by atoms with Crippen molar-refractivity contribution in [3.63, 3.8) is 0 Å². The molecule has 1 unspecified atom stereocenters. The predicted octanol–water partition coefficient (Wildman–Crippen LogP) is 3.93. The van der Waals surface area contributed by atoms with Gasteiger partial charge in [0.15, 0.2) is 0 Å². The van der Waals surface area contributed by atoms with E-state index >= 15 is 0 Å². The third-order valence-corrected chi connectivity index (χ3v) is 2.94. The molecule has 0 saturated carbocycles. The summed E-state index contributed by atoms with van der Waals surface area (Å²) in [4.78, 5) is 22.2. The number of hydrogen-bond donors (Lipinski definition) is 1. The van der Waals surface area contributed by atoms with Crippen LogP contribution in [0.15, 0.2) is 25.0 Å². The number of allylic oxidation sites excluding steroid dienone is 1. The lowest BCUT2D eigenvalue weighted by molar-refractivity contribution is -0.143. The van der Waals surface area contributed by atoms with E-state index in [1.165, 1.54) is 6.08 Å². The van der Waals surface area contributed by atoms with Crippen LogP contribution in [0.5, 0.6) is 0 Å². The fraction of sp³-hybridized carbons (Fsp3) is 0.625. The summed E-state index contributed by atoms with van der Waals surface area (Å²) in [6, 6.07) is 0. The van der Waals surface area contributed by atoms with Gasteiger partial charge in [0.1, 0.15) is 0 Å². The molecule has 0 aliphatic heterocycles. The number of ether oxygens (including phenoxy) is 1. The van der Waals surface area contributed by atoms with Gasteiger partial charge in [0, 0.05) is 6.08 Å². The van der Waals surface area contributed by atoms with Gasteiger partial charge in [0.25, 0.3) is 0 Å². The number of esters is 1. The molecule has 0 aliphatic carbocycles. The lowest BCUT2D eigenvalue weighted by Gasteiger charge is -2.18. The van der Waals surface area contributed by atoms with Crippen LogP contribution in [0.1, 0.15) is 52.9 Å². The minimum Gasteiger partial charge on any atom is -0.478 e. The first-order valence-corrected chi connectivity index (χ1v) is 6.97. The monoisotopic (exact) mass is 282 g/mol. The molecular weight excluding hydrogens is 256 g/mol. The molecule has 0 spiro atoms. The molecule has 4 nitrogen and oxygen atoms in total. The van der Waals surface area contributed by atoms with Crippen LogP contribution >= 0.6 is 0 Å². The van der Waals surface area contributed by atoms with Gasteiger partial charge in [0.05, 0.1) is 12.2 Å². The molecular formula is C16H26O4. The summed E-state index contributed by atoms with van der Waals surface area (Å²) in [5.74, 6) is -1.65. The van der Waals surface area contributed by atoms with Gasteiger partial charge in [-0.25, -0.2) is 4.79 Å². The van der Waals surface area contributed by atoms with Crippen LogP contribution in [0.3, 0.4) is 0 Å². The van der Waals surface area contributed by atoms with E-state index in [-0.39, 0.29) is 11.9 Å². The van der Waals surface area contributed by atoms with Crippen molar-refractivity contribution in [3.05, 3.63) is 25.0 Å². The molecule has 0 heterocycles. The highest BCUT2D eigenvalue weighted by Crippen LogP contribution is 2.24. The van der Waals surface area contributed by atoms with Crippen LogP contribution in [0, 0.1) is 11.3 Å². The largest absolute Gasteiger partial charge is 0.478 e. The van der Waals surface area contributed by atoms with Gasteiger partial charge in [-0.15, -0.1) is 0 Å². The molecule has 1 N–H and O–H groups in total. The Morgan fingerprint density at radius 2 is 1.95 bits per heavy atom. The maximum atomic E-state index is 11.7. The number of unbranched alkanes of at least 4 members (excludes halogenated alkanes) is 1. The number of carboxylic acids is 1. The minimum atomic E-state index is -1.01. The second-order valence-electron chi connectivity index (χ2n) is 6.08. The Bertz CT molecular complexity index is 350. The Hall–Kier alpha value is -1.58. The molecule has 0 saturated heterocycles. The molecule has 0 rings (SSSR count). The van der Waals surface area contributed by atoms with Gasteiger partial charge in [-0.2, -0.15) is 0 Å². The second kappa shape index (κ2) is 9.34. The predicted molar refractivity (Wildman–Crippen MR) is 79.1 cm³/mol. The van der Waals surface area contributed by atoms with E-state index in [9.17, 15) is 9.59 Å². The summed E-state index contributed by atoms with van der Waals surface area (Å²) in [7, 11) is 0. The molecule has 4 heteroatoms. The second-order valence-corrected chi connectivity index (χ2v) is 6.08. The van der Waals surface area contributed by atoms with Crippen LogP contribution < -0.4 is 0 Å². The Kier molecular flexibility index (Phi) is 8.61.